The molecule has 2 atom stereocenters. The Hall–Kier alpha value is -0.890. The fourth-order valence-corrected chi connectivity index (χ4v) is 2.57. The van der Waals surface area contributed by atoms with Gasteiger partial charge in [0.2, 0.25) is 0 Å². The molecule has 0 bridgehead atoms. The minimum absolute atomic E-state index is 0.140. The van der Waals surface area contributed by atoms with Crippen LogP contribution in [0.3, 0.4) is 0 Å². The Morgan fingerprint density at radius 3 is 2.47 bits per heavy atom. The lowest BCUT2D eigenvalue weighted by atomic mass is 9.99. The van der Waals surface area contributed by atoms with E-state index in [1.54, 1.807) is 12.1 Å². The van der Waals surface area contributed by atoms with E-state index >= 15 is 0 Å². The smallest absolute Gasteiger partial charge is 0.123 e. The third-order valence-corrected chi connectivity index (χ3v) is 3.64. The van der Waals surface area contributed by atoms with E-state index in [0.717, 1.165) is 12.0 Å². The molecule has 0 heterocycles. The highest BCUT2D eigenvalue weighted by Gasteiger charge is 2.15. The second kappa shape index (κ2) is 9.08. The number of rotatable bonds is 9. The summed E-state index contributed by atoms with van der Waals surface area (Å²) in [5, 5.41) is 3.72. The maximum Gasteiger partial charge on any atom is 0.123 e. The number of hydrogen-bond acceptors (Lipinski definition) is 1. The van der Waals surface area contributed by atoms with Gasteiger partial charge in [-0.15, -0.1) is 0 Å². The number of halogens is 1. The first kappa shape index (κ1) is 16.2. The SMILES string of the molecule is CCCCC(CCC)NC(CC)c1cccc(F)c1. The fraction of sp³-hybridized carbons (Fsp3) is 0.647. The van der Waals surface area contributed by atoms with Gasteiger partial charge < -0.3 is 5.32 Å². The third kappa shape index (κ3) is 5.73. The zero-order chi connectivity index (χ0) is 14.1. The van der Waals surface area contributed by atoms with Gasteiger partial charge in [0.15, 0.2) is 0 Å². The minimum atomic E-state index is -0.140. The summed E-state index contributed by atoms with van der Waals surface area (Å²) in [6.45, 7) is 6.61. The number of benzene rings is 1. The minimum Gasteiger partial charge on any atom is -0.307 e. The van der Waals surface area contributed by atoms with Crippen LogP contribution in [0.5, 0.6) is 0 Å². The molecule has 2 unspecified atom stereocenters. The van der Waals surface area contributed by atoms with E-state index < -0.39 is 0 Å². The molecule has 0 aliphatic carbocycles. The van der Waals surface area contributed by atoms with Gasteiger partial charge in [0.25, 0.3) is 0 Å². The summed E-state index contributed by atoms with van der Waals surface area (Å²) in [6, 6.07) is 7.81. The average Bonchev–Trinajstić information content (AvgIpc) is 2.41. The maximum absolute atomic E-state index is 13.3. The molecule has 0 aliphatic heterocycles. The fourth-order valence-electron chi connectivity index (χ4n) is 2.57. The van der Waals surface area contributed by atoms with E-state index in [2.05, 4.69) is 26.1 Å². The van der Waals surface area contributed by atoms with Gasteiger partial charge in [-0.1, -0.05) is 52.2 Å². The molecule has 0 radical (unpaired) electrons. The second-order valence-corrected chi connectivity index (χ2v) is 5.31. The van der Waals surface area contributed by atoms with Gasteiger partial charge >= 0.3 is 0 Å². The van der Waals surface area contributed by atoms with Crippen LogP contribution < -0.4 is 5.32 Å². The molecule has 1 aromatic carbocycles. The van der Waals surface area contributed by atoms with Gasteiger partial charge in [0, 0.05) is 12.1 Å². The summed E-state index contributed by atoms with van der Waals surface area (Å²) in [6.07, 6.45) is 7.11. The van der Waals surface area contributed by atoms with E-state index in [4.69, 9.17) is 0 Å². The summed E-state index contributed by atoms with van der Waals surface area (Å²) in [5.41, 5.74) is 1.07. The number of unbranched alkanes of at least 4 members (excludes halogenated alkanes) is 1. The molecule has 1 aromatic rings. The predicted octanol–water partition coefficient (Wildman–Crippen LogP) is 5.23. The Balaban J connectivity index is 2.67. The van der Waals surface area contributed by atoms with Crippen LogP contribution >= 0.6 is 0 Å². The summed E-state index contributed by atoms with van der Waals surface area (Å²) in [4.78, 5) is 0. The predicted molar refractivity (Wildman–Crippen MR) is 80.8 cm³/mol. The molecule has 0 aliphatic rings. The molecule has 108 valence electrons. The van der Waals surface area contributed by atoms with Crippen LogP contribution in [-0.2, 0) is 0 Å². The van der Waals surface area contributed by atoms with Gasteiger partial charge in [-0.3, -0.25) is 0 Å². The largest absolute Gasteiger partial charge is 0.307 e. The van der Waals surface area contributed by atoms with Gasteiger partial charge in [-0.2, -0.15) is 0 Å². The lowest BCUT2D eigenvalue weighted by molar-refractivity contribution is 0.376. The van der Waals surface area contributed by atoms with Crippen molar-refractivity contribution in [3.8, 4) is 0 Å². The summed E-state index contributed by atoms with van der Waals surface area (Å²) >= 11 is 0. The first-order valence-corrected chi connectivity index (χ1v) is 7.72. The Kier molecular flexibility index (Phi) is 7.73. The average molecular weight is 265 g/mol. The molecule has 0 saturated heterocycles. The summed E-state index contributed by atoms with van der Waals surface area (Å²) in [5.74, 6) is -0.140. The van der Waals surface area contributed by atoms with Gasteiger partial charge in [0.1, 0.15) is 5.82 Å². The standard InChI is InChI=1S/C17H28FN/c1-4-7-12-16(9-5-2)19-17(6-3)14-10-8-11-15(18)13-14/h8,10-11,13,16-17,19H,4-7,9,12H2,1-3H3. The van der Waals surface area contributed by atoms with Gasteiger partial charge in [0.05, 0.1) is 0 Å². The highest BCUT2D eigenvalue weighted by Crippen LogP contribution is 2.20. The van der Waals surface area contributed by atoms with Crippen LogP contribution in [0.1, 0.15) is 70.9 Å². The van der Waals surface area contributed by atoms with Crippen molar-refractivity contribution < 1.29 is 4.39 Å². The Morgan fingerprint density at radius 2 is 1.89 bits per heavy atom. The van der Waals surface area contributed by atoms with Crippen LogP contribution in [0.25, 0.3) is 0 Å². The normalized spacial score (nSPS) is 14.3. The van der Waals surface area contributed by atoms with E-state index in [9.17, 15) is 4.39 Å². The second-order valence-electron chi connectivity index (χ2n) is 5.31. The van der Waals surface area contributed by atoms with E-state index in [-0.39, 0.29) is 11.9 Å². The van der Waals surface area contributed by atoms with E-state index in [1.807, 2.05) is 6.07 Å². The van der Waals surface area contributed by atoms with Crippen LogP contribution in [0.15, 0.2) is 24.3 Å². The van der Waals surface area contributed by atoms with Crippen molar-refractivity contribution in [2.75, 3.05) is 0 Å². The van der Waals surface area contributed by atoms with Crippen molar-refractivity contribution in [2.45, 2.75) is 71.4 Å². The van der Waals surface area contributed by atoms with Crippen molar-refractivity contribution >= 4 is 0 Å². The Bertz CT molecular complexity index is 351. The third-order valence-electron chi connectivity index (χ3n) is 3.64. The monoisotopic (exact) mass is 265 g/mol. The number of nitrogens with one attached hydrogen (secondary N) is 1. The maximum atomic E-state index is 13.3. The lowest BCUT2D eigenvalue weighted by Crippen LogP contribution is -2.32. The number of hydrogen-bond donors (Lipinski definition) is 1. The molecule has 19 heavy (non-hydrogen) atoms. The zero-order valence-electron chi connectivity index (χ0n) is 12.6. The Morgan fingerprint density at radius 1 is 1.11 bits per heavy atom. The molecule has 0 fully saturated rings. The molecule has 1 nitrogen and oxygen atoms in total. The van der Waals surface area contributed by atoms with Crippen molar-refractivity contribution in [2.24, 2.45) is 0 Å². The van der Waals surface area contributed by atoms with Crippen molar-refractivity contribution in [3.05, 3.63) is 35.6 Å². The summed E-state index contributed by atoms with van der Waals surface area (Å²) in [7, 11) is 0. The molecular formula is C17H28FN. The zero-order valence-corrected chi connectivity index (χ0v) is 12.6. The highest BCUT2D eigenvalue weighted by molar-refractivity contribution is 5.20. The highest BCUT2D eigenvalue weighted by atomic mass is 19.1. The topological polar surface area (TPSA) is 12.0 Å². The van der Waals surface area contributed by atoms with Crippen molar-refractivity contribution in [1.29, 1.82) is 0 Å². The first-order valence-electron chi connectivity index (χ1n) is 7.72. The molecule has 1 rings (SSSR count). The van der Waals surface area contributed by atoms with Crippen LogP contribution in [0.4, 0.5) is 4.39 Å². The van der Waals surface area contributed by atoms with Crippen LogP contribution in [0, 0.1) is 5.82 Å². The molecule has 2 heteroatoms. The summed E-state index contributed by atoms with van der Waals surface area (Å²) < 4.78 is 13.3. The van der Waals surface area contributed by atoms with Crippen LogP contribution in [-0.4, -0.2) is 6.04 Å². The Labute approximate surface area is 117 Å². The van der Waals surface area contributed by atoms with E-state index in [0.29, 0.717) is 6.04 Å². The molecule has 0 saturated carbocycles. The molecule has 0 spiro atoms. The first-order chi connectivity index (χ1) is 9.21. The van der Waals surface area contributed by atoms with Crippen LogP contribution in [0.2, 0.25) is 0 Å². The quantitative estimate of drug-likeness (QED) is 0.645. The van der Waals surface area contributed by atoms with Crippen molar-refractivity contribution in [1.82, 2.24) is 5.32 Å². The van der Waals surface area contributed by atoms with E-state index in [1.165, 1.54) is 38.2 Å². The molecule has 1 N–H and O–H groups in total. The molecular weight excluding hydrogens is 237 g/mol. The van der Waals surface area contributed by atoms with Gasteiger partial charge in [-0.05, 0) is 37.0 Å². The molecule has 0 aromatic heterocycles. The van der Waals surface area contributed by atoms with Gasteiger partial charge in [-0.25, -0.2) is 4.39 Å². The van der Waals surface area contributed by atoms with Crippen molar-refractivity contribution in [3.63, 3.8) is 0 Å². The molecule has 0 amide bonds. The lowest BCUT2D eigenvalue weighted by Gasteiger charge is -2.25.